The van der Waals surface area contributed by atoms with Crippen molar-refractivity contribution in [2.75, 3.05) is 12.4 Å². The average Bonchev–Trinajstić information content (AvgIpc) is 3.15. The molecule has 4 rings (SSSR count). The number of carbonyl (C=O) groups is 1. The van der Waals surface area contributed by atoms with Gasteiger partial charge in [-0.05, 0) is 13.0 Å². The number of aliphatic hydroxyl groups excluding tert-OH is 1. The molecule has 0 aliphatic carbocycles. The lowest BCUT2D eigenvalue weighted by Crippen LogP contribution is -2.37. The van der Waals surface area contributed by atoms with Crippen molar-refractivity contribution in [2.24, 2.45) is 7.05 Å². The average molecular weight is 388 g/mol. The van der Waals surface area contributed by atoms with E-state index in [0.717, 1.165) is 4.31 Å². The Balaban J connectivity index is 1.94. The first-order valence-corrected chi connectivity index (χ1v) is 9.41. The lowest BCUT2D eigenvalue weighted by Gasteiger charge is -2.27. The molecule has 10 heteroatoms. The summed E-state index contributed by atoms with van der Waals surface area (Å²) in [5.74, 6) is -0.817. The summed E-state index contributed by atoms with van der Waals surface area (Å²) < 4.78 is 33.7. The fraction of sp³-hybridized carbons (Fsp3) is 0.176. The summed E-state index contributed by atoms with van der Waals surface area (Å²) in [6.07, 6.45) is 1.41. The first kappa shape index (κ1) is 17.2. The van der Waals surface area contributed by atoms with Crippen LogP contribution < -0.4 is 5.32 Å². The van der Waals surface area contributed by atoms with Crippen LogP contribution in [-0.4, -0.2) is 40.3 Å². The number of benzene rings is 1. The number of hydrogen-bond donors (Lipinski definition) is 2. The van der Waals surface area contributed by atoms with E-state index in [-0.39, 0.29) is 16.6 Å². The van der Waals surface area contributed by atoms with Crippen LogP contribution in [0.5, 0.6) is 0 Å². The van der Waals surface area contributed by atoms with Gasteiger partial charge in [-0.3, -0.25) is 14.4 Å². The Morgan fingerprint density at radius 1 is 1.26 bits per heavy atom. The lowest BCUT2D eigenvalue weighted by molar-refractivity contribution is -0.113. The van der Waals surface area contributed by atoms with Crippen molar-refractivity contribution in [1.82, 2.24) is 13.9 Å². The maximum absolute atomic E-state index is 13.1. The van der Waals surface area contributed by atoms with Crippen molar-refractivity contribution in [2.45, 2.75) is 11.8 Å². The monoisotopic (exact) mass is 388 g/mol. The summed E-state index contributed by atoms with van der Waals surface area (Å²) in [6, 6.07) is 6.79. The molecular weight excluding hydrogens is 372 g/mol. The van der Waals surface area contributed by atoms with E-state index in [2.05, 4.69) is 10.3 Å². The highest BCUT2D eigenvalue weighted by molar-refractivity contribution is 7.89. The fourth-order valence-corrected chi connectivity index (χ4v) is 4.84. The Morgan fingerprint density at radius 3 is 2.63 bits per heavy atom. The quantitative estimate of drug-likeness (QED) is 0.693. The van der Waals surface area contributed by atoms with Crippen LogP contribution >= 0.6 is 0 Å². The summed E-state index contributed by atoms with van der Waals surface area (Å²) in [5, 5.41) is 13.6. The molecule has 0 unspecified atom stereocenters. The molecule has 0 saturated heterocycles. The van der Waals surface area contributed by atoms with Crippen LogP contribution in [0.15, 0.2) is 45.5 Å². The molecule has 2 N–H and O–H groups in total. The van der Waals surface area contributed by atoms with Crippen molar-refractivity contribution >= 4 is 38.6 Å². The van der Waals surface area contributed by atoms with Gasteiger partial charge >= 0.3 is 6.01 Å². The number of anilines is 1. The van der Waals surface area contributed by atoms with Gasteiger partial charge in [0, 0.05) is 25.0 Å². The van der Waals surface area contributed by atoms with Crippen LogP contribution in [0.3, 0.4) is 0 Å². The molecule has 1 aliphatic rings. The number of rotatable bonds is 2. The number of aromatic nitrogens is 2. The molecule has 1 aliphatic heterocycles. The smallest absolute Gasteiger partial charge is 0.301 e. The number of hydrogen-bond acceptors (Lipinski definition) is 6. The highest BCUT2D eigenvalue weighted by Gasteiger charge is 2.42. The van der Waals surface area contributed by atoms with Crippen molar-refractivity contribution in [3.63, 3.8) is 0 Å². The van der Waals surface area contributed by atoms with Gasteiger partial charge < -0.3 is 14.1 Å². The molecule has 3 heterocycles. The van der Waals surface area contributed by atoms with Crippen LogP contribution in [0, 0.1) is 6.92 Å². The summed E-state index contributed by atoms with van der Waals surface area (Å²) in [4.78, 5) is 16.5. The minimum atomic E-state index is -4.06. The minimum Gasteiger partial charge on any atom is -0.504 e. The number of likely N-dealkylation sites (N-methyl/N-ethyl adjacent to an activating group) is 1. The third-order valence-corrected chi connectivity index (χ3v) is 6.33. The van der Waals surface area contributed by atoms with E-state index in [1.807, 2.05) is 0 Å². The van der Waals surface area contributed by atoms with E-state index in [9.17, 15) is 18.3 Å². The summed E-state index contributed by atoms with van der Waals surface area (Å²) in [7, 11) is -1.21. The van der Waals surface area contributed by atoms with Gasteiger partial charge in [0.2, 0.25) is 0 Å². The van der Waals surface area contributed by atoms with Gasteiger partial charge in [-0.1, -0.05) is 18.2 Å². The molecule has 1 amide bonds. The molecule has 0 spiro atoms. The van der Waals surface area contributed by atoms with Gasteiger partial charge in [0.05, 0.1) is 6.20 Å². The number of carbonyl (C=O) groups excluding carboxylic acids is 1. The minimum absolute atomic E-state index is 0.0379. The van der Waals surface area contributed by atoms with Crippen molar-refractivity contribution in [3.8, 4) is 0 Å². The van der Waals surface area contributed by atoms with Crippen LogP contribution in [0.2, 0.25) is 0 Å². The fourth-order valence-electron chi connectivity index (χ4n) is 3.22. The van der Waals surface area contributed by atoms with Crippen LogP contribution in [-0.2, 0) is 21.9 Å². The van der Waals surface area contributed by atoms with Crippen molar-refractivity contribution < 1.29 is 22.7 Å². The third-order valence-electron chi connectivity index (χ3n) is 4.50. The third kappa shape index (κ3) is 2.33. The highest BCUT2D eigenvalue weighted by atomic mass is 32.2. The van der Waals surface area contributed by atoms with Crippen molar-refractivity contribution in [1.29, 1.82) is 0 Å². The second kappa shape index (κ2) is 5.61. The summed E-state index contributed by atoms with van der Waals surface area (Å²) >= 11 is 0. The Kier molecular flexibility index (Phi) is 3.57. The van der Waals surface area contributed by atoms with E-state index < -0.39 is 27.4 Å². The van der Waals surface area contributed by atoms with E-state index in [4.69, 9.17) is 4.42 Å². The van der Waals surface area contributed by atoms with E-state index >= 15 is 0 Å². The van der Waals surface area contributed by atoms with Gasteiger partial charge in [0.25, 0.3) is 15.9 Å². The predicted molar refractivity (Wildman–Crippen MR) is 97.3 cm³/mol. The number of nitrogens with zero attached hydrogens (tertiary/aromatic N) is 3. The van der Waals surface area contributed by atoms with Gasteiger partial charge in [-0.2, -0.15) is 0 Å². The summed E-state index contributed by atoms with van der Waals surface area (Å²) in [5.41, 5.74) is 0.267. The Morgan fingerprint density at radius 2 is 1.96 bits per heavy atom. The van der Waals surface area contributed by atoms with Gasteiger partial charge in [0.1, 0.15) is 16.3 Å². The molecule has 0 fully saturated rings. The zero-order valence-corrected chi connectivity index (χ0v) is 15.5. The second-order valence-electron chi connectivity index (χ2n) is 6.15. The number of aliphatic hydroxyl groups is 1. The van der Waals surface area contributed by atoms with Gasteiger partial charge in [-0.15, -0.1) is 0 Å². The zero-order chi connectivity index (χ0) is 19.5. The normalized spacial score (nSPS) is 15.9. The molecule has 0 radical (unpaired) electrons. The number of aryl methyl sites for hydroxylation is 2. The molecule has 3 aromatic rings. The molecule has 27 heavy (non-hydrogen) atoms. The standard InChI is InChI=1S/C17H16N4O5S/c1-9-8-18-17(26-9)19-16(23)13-14(22)12-15(27(24,25)21(13)3)10-6-4-5-7-11(10)20(12)2/h4-8,22H,1-3H3,(H,18,19,23). The molecular formula is C17H16N4O5S. The number of oxazole rings is 1. The van der Waals surface area contributed by atoms with Crippen LogP contribution in [0.25, 0.3) is 16.7 Å². The topological polar surface area (TPSA) is 118 Å². The van der Waals surface area contributed by atoms with Gasteiger partial charge in [-0.25, -0.2) is 13.4 Å². The number of para-hydroxylation sites is 1. The summed E-state index contributed by atoms with van der Waals surface area (Å²) in [6.45, 7) is 1.65. The Bertz CT molecular complexity index is 1240. The largest absolute Gasteiger partial charge is 0.504 e. The maximum Gasteiger partial charge on any atom is 0.301 e. The SMILES string of the molecule is Cc1cnc(NC(=O)C2=C(O)c3c(c4ccccc4n3C)S(=O)(=O)N2C)o1. The number of amides is 1. The van der Waals surface area contributed by atoms with Crippen LogP contribution in [0.4, 0.5) is 6.01 Å². The number of nitrogens with one attached hydrogen (secondary N) is 1. The molecule has 2 aromatic heterocycles. The predicted octanol–water partition coefficient (Wildman–Crippen LogP) is 1.97. The van der Waals surface area contributed by atoms with Gasteiger partial charge in [0.15, 0.2) is 11.5 Å². The second-order valence-corrected chi connectivity index (χ2v) is 8.06. The Labute approximate surface area is 154 Å². The zero-order valence-electron chi connectivity index (χ0n) is 14.7. The van der Waals surface area contributed by atoms with E-state index in [1.54, 1.807) is 42.8 Å². The van der Waals surface area contributed by atoms with E-state index in [0.29, 0.717) is 16.7 Å². The first-order chi connectivity index (χ1) is 12.7. The lowest BCUT2D eigenvalue weighted by atomic mass is 10.2. The molecule has 1 aromatic carbocycles. The molecule has 0 atom stereocenters. The van der Waals surface area contributed by atoms with Crippen molar-refractivity contribution in [3.05, 3.63) is 47.6 Å². The van der Waals surface area contributed by atoms with E-state index in [1.165, 1.54) is 13.2 Å². The number of fused-ring (bicyclic) bond motifs is 3. The van der Waals surface area contributed by atoms with Crippen LogP contribution in [0.1, 0.15) is 11.5 Å². The number of sulfonamides is 1. The molecule has 9 nitrogen and oxygen atoms in total. The Hall–Kier alpha value is -3.27. The molecule has 0 bridgehead atoms. The molecule has 0 saturated carbocycles. The highest BCUT2D eigenvalue weighted by Crippen LogP contribution is 2.40. The first-order valence-electron chi connectivity index (χ1n) is 7.97. The maximum atomic E-state index is 13.1. The molecule has 140 valence electrons.